The molecule has 1 aromatic heterocycles. The first-order valence-electron chi connectivity index (χ1n) is 6.96. The normalized spacial score (nSPS) is 23.9. The molecule has 0 amide bonds. The molecule has 0 radical (unpaired) electrons. The lowest BCUT2D eigenvalue weighted by molar-refractivity contribution is 0.192. The summed E-state index contributed by atoms with van der Waals surface area (Å²) in [5.41, 5.74) is 1.12. The van der Waals surface area contributed by atoms with Crippen molar-refractivity contribution in [3.05, 3.63) is 46.6 Å². The zero-order valence-electron chi connectivity index (χ0n) is 11.0. The fraction of sp³-hybridized carbons (Fsp3) is 0.467. The smallest absolute Gasteiger partial charge is 0.237 e. The van der Waals surface area contributed by atoms with Crippen LogP contribution in [0.1, 0.15) is 42.5 Å². The van der Waals surface area contributed by atoms with Crippen LogP contribution < -0.4 is 0 Å². The molecule has 1 atom stereocenters. The summed E-state index contributed by atoms with van der Waals surface area (Å²) in [5, 5.41) is 4.90. The summed E-state index contributed by atoms with van der Waals surface area (Å²) in [5.74, 6) is 1.81. The number of rotatable bonds is 3. The minimum Gasteiger partial charge on any atom is -0.381 e. The molecule has 2 heterocycles. The Labute approximate surface area is 122 Å². The number of nitrogens with zero attached hydrogens (tertiary/aromatic N) is 2. The van der Waals surface area contributed by atoms with Crippen molar-refractivity contribution in [3.63, 3.8) is 0 Å². The quantitative estimate of drug-likeness (QED) is 0.870. The van der Waals surface area contributed by atoms with Gasteiger partial charge < -0.3 is 9.26 Å². The zero-order chi connectivity index (χ0) is 13.6. The highest BCUT2D eigenvalue weighted by atomic mass is 35.5. The summed E-state index contributed by atoms with van der Waals surface area (Å²) in [6.07, 6.45) is 3.09. The van der Waals surface area contributed by atoms with E-state index in [2.05, 4.69) is 22.3 Å². The van der Waals surface area contributed by atoms with Crippen LogP contribution in [0.15, 0.2) is 28.8 Å². The summed E-state index contributed by atoms with van der Waals surface area (Å²) in [4.78, 5) is 4.63. The van der Waals surface area contributed by atoms with Gasteiger partial charge in [-0.25, -0.2) is 0 Å². The molecule has 0 spiro atoms. The van der Waals surface area contributed by atoms with Gasteiger partial charge in [-0.05, 0) is 37.0 Å². The molecule has 4 nitrogen and oxygen atoms in total. The molecule has 1 aromatic carbocycles. The predicted octanol–water partition coefficient (Wildman–Crippen LogP) is 3.31. The van der Waals surface area contributed by atoms with Gasteiger partial charge in [-0.15, -0.1) is 0 Å². The molecule has 1 aliphatic carbocycles. The van der Waals surface area contributed by atoms with Crippen LogP contribution in [0.3, 0.4) is 0 Å². The monoisotopic (exact) mass is 290 g/mol. The molecule has 1 saturated carbocycles. The van der Waals surface area contributed by atoms with Crippen LogP contribution >= 0.6 is 11.6 Å². The van der Waals surface area contributed by atoms with Gasteiger partial charge in [-0.2, -0.15) is 4.98 Å². The predicted molar refractivity (Wildman–Crippen MR) is 73.9 cm³/mol. The van der Waals surface area contributed by atoms with Gasteiger partial charge in [0.25, 0.3) is 0 Å². The Morgan fingerprint density at radius 2 is 2.00 bits per heavy atom. The third-order valence-electron chi connectivity index (χ3n) is 4.29. The Bertz CT molecular complexity index is 613. The minimum atomic E-state index is -0.0880. The van der Waals surface area contributed by atoms with E-state index in [9.17, 15) is 0 Å². The lowest BCUT2D eigenvalue weighted by Gasteiger charge is -2.10. The van der Waals surface area contributed by atoms with E-state index in [0.717, 1.165) is 42.6 Å². The number of benzene rings is 1. The second-order valence-electron chi connectivity index (χ2n) is 5.61. The maximum atomic E-state index is 5.95. The maximum Gasteiger partial charge on any atom is 0.237 e. The van der Waals surface area contributed by atoms with E-state index < -0.39 is 0 Å². The summed E-state index contributed by atoms with van der Waals surface area (Å²) in [6.45, 7) is 1.49. The largest absolute Gasteiger partial charge is 0.381 e. The SMILES string of the molecule is Clc1ccc(C2(c3nc([C@@H]4CCOC4)no3)CC2)cc1. The fourth-order valence-corrected chi connectivity index (χ4v) is 2.98. The van der Waals surface area contributed by atoms with Crippen LogP contribution in [0.4, 0.5) is 0 Å². The Morgan fingerprint density at radius 1 is 1.20 bits per heavy atom. The lowest BCUT2D eigenvalue weighted by Crippen LogP contribution is -2.09. The van der Waals surface area contributed by atoms with Gasteiger partial charge in [0.15, 0.2) is 5.82 Å². The van der Waals surface area contributed by atoms with E-state index >= 15 is 0 Å². The van der Waals surface area contributed by atoms with Gasteiger partial charge in [-0.1, -0.05) is 28.9 Å². The number of hydrogen-bond donors (Lipinski definition) is 0. The highest BCUT2D eigenvalue weighted by Gasteiger charge is 2.51. The molecule has 20 heavy (non-hydrogen) atoms. The van der Waals surface area contributed by atoms with E-state index in [1.807, 2.05) is 12.1 Å². The zero-order valence-corrected chi connectivity index (χ0v) is 11.8. The first-order valence-corrected chi connectivity index (χ1v) is 7.34. The van der Waals surface area contributed by atoms with E-state index in [4.69, 9.17) is 20.9 Å². The second-order valence-corrected chi connectivity index (χ2v) is 6.04. The first-order chi connectivity index (χ1) is 9.78. The third-order valence-corrected chi connectivity index (χ3v) is 4.54. The average molecular weight is 291 g/mol. The molecular weight excluding hydrogens is 276 g/mol. The van der Waals surface area contributed by atoms with Gasteiger partial charge >= 0.3 is 0 Å². The minimum absolute atomic E-state index is 0.0880. The van der Waals surface area contributed by atoms with Gasteiger partial charge in [-0.3, -0.25) is 0 Å². The van der Waals surface area contributed by atoms with Crippen molar-refractivity contribution in [1.29, 1.82) is 0 Å². The molecule has 0 unspecified atom stereocenters. The topological polar surface area (TPSA) is 48.2 Å². The Balaban J connectivity index is 1.65. The van der Waals surface area contributed by atoms with Crippen LogP contribution in [-0.2, 0) is 10.2 Å². The summed E-state index contributed by atoms with van der Waals surface area (Å²) in [6, 6.07) is 7.94. The Kier molecular flexibility index (Phi) is 2.82. The van der Waals surface area contributed by atoms with Crippen molar-refractivity contribution in [2.45, 2.75) is 30.6 Å². The van der Waals surface area contributed by atoms with Crippen molar-refractivity contribution in [3.8, 4) is 0 Å². The summed E-state index contributed by atoms with van der Waals surface area (Å²) < 4.78 is 10.9. The summed E-state index contributed by atoms with van der Waals surface area (Å²) >= 11 is 5.95. The molecule has 1 saturated heterocycles. The van der Waals surface area contributed by atoms with E-state index in [1.165, 1.54) is 5.56 Å². The first kappa shape index (κ1) is 12.4. The molecule has 2 fully saturated rings. The van der Waals surface area contributed by atoms with Crippen molar-refractivity contribution < 1.29 is 9.26 Å². The number of ether oxygens (including phenoxy) is 1. The van der Waals surface area contributed by atoms with Crippen LogP contribution in [-0.4, -0.2) is 23.4 Å². The van der Waals surface area contributed by atoms with E-state index in [0.29, 0.717) is 6.61 Å². The molecule has 5 heteroatoms. The van der Waals surface area contributed by atoms with Crippen LogP contribution in [0.5, 0.6) is 0 Å². The van der Waals surface area contributed by atoms with Crippen LogP contribution in [0.25, 0.3) is 0 Å². The average Bonchev–Trinajstić information content (AvgIpc) is 2.93. The van der Waals surface area contributed by atoms with Crippen LogP contribution in [0.2, 0.25) is 5.02 Å². The van der Waals surface area contributed by atoms with Crippen LogP contribution in [0, 0.1) is 0 Å². The molecule has 4 rings (SSSR count). The second kappa shape index (κ2) is 4.57. The van der Waals surface area contributed by atoms with Crippen molar-refractivity contribution >= 4 is 11.6 Å². The van der Waals surface area contributed by atoms with Crippen molar-refractivity contribution in [2.24, 2.45) is 0 Å². The molecule has 0 bridgehead atoms. The van der Waals surface area contributed by atoms with Gasteiger partial charge in [0.05, 0.1) is 12.0 Å². The molecular formula is C15H15ClN2O2. The van der Waals surface area contributed by atoms with E-state index in [-0.39, 0.29) is 11.3 Å². The van der Waals surface area contributed by atoms with Gasteiger partial charge in [0, 0.05) is 17.5 Å². The molecule has 0 N–H and O–H groups in total. The van der Waals surface area contributed by atoms with Gasteiger partial charge in [0.2, 0.25) is 5.89 Å². The molecule has 2 aromatic rings. The Morgan fingerprint density at radius 3 is 2.65 bits per heavy atom. The van der Waals surface area contributed by atoms with Gasteiger partial charge in [0.1, 0.15) is 0 Å². The van der Waals surface area contributed by atoms with Crippen molar-refractivity contribution in [1.82, 2.24) is 10.1 Å². The molecule has 1 aliphatic heterocycles. The molecule has 2 aliphatic rings. The molecule has 104 valence electrons. The van der Waals surface area contributed by atoms with Crippen molar-refractivity contribution in [2.75, 3.05) is 13.2 Å². The standard InChI is InChI=1S/C15H15ClN2O2/c16-12-3-1-11(2-4-12)15(6-7-15)14-17-13(18-20-14)10-5-8-19-9-10/h1-4,10H,5-9H2/t10-/m1/s1. The maximum absolute atomic E-state index is 5.95. The fourth-order valence-electron chi connectivity index (χ4n) is 2.85. The summed E-state index contributed by atoms with van der Waals surface area (Å²) in [7, 11) is 0. The number of hydrogen-bond acceptors (Lipinski definition) is 4. The highest BCUT2D eigenvalue weighted by molar-refractivity contribution is 6.30. The number of halogens is 1. The van der Waals surface area contributed by atoms with E-state index in [1.54, 1.807) is 0 Å². The lowest BCUT2D eigenvalue weighted by atomic mass is 9.96. The number of aromatic nitrogens is 2. The highest BCUT2D eigenvalue weighted by Crippen LogP contribution is 2.53. The Hall–Kier alpha value is -1.39. The third kappa shape index (κ3) is 1.95.